The lowest BCUT2D eigenvalue weighted by molar-refractivity contribution is 0.102. The molecule has 2 aromatic heterocycles. The van der Waals surface area contributed by atoms with Crippen LogP contribution in [0.4, 0.5) is 5.82 Å². The van der Waals surface area contributed by atoms with E-state index in [9.17, 15) is 4.79 Å². The van der Waals surface area contributed by atoms with E-state index < -0.39 is 0 Å². The number of benzene rings is 2. The number of aromatic nitrogens is 3. The van der Waals surface area contributed by atoms with Crippen LogP contribution in [0.25, 0.3) is 16.9 Å². The fourth-order valence-electron chi connectivity index (χ4n) is 2.95. The average Bonchev–Trinajstić information content (AvgIpc) is 3.08. The summed E-state index contributed by atoms with van der Waals surface area (Å²) in [4.78, 5) is 17.0. The van der Waals surface area contributed by atoms with Crippen LogP contribution < -0.4 is 5.32 Å². The van der Waals surface area contributed by atoms with Gasteiger partial charge in [0.05, 0.1) is 15.7 Å². The summed E-state index contributed by atoms with van der Waals surface area (Å²) in [6.45, 7) is 1.82. The molecule has 2 heterocycles. The minimum atomic E-state index is -0.254. The lowest BCUT2D eigenvalue weighted by Crippen LogP contribution is -2.15. The van der Waals surface area contributed by atoms with E-state index in [1.165, 1.54) is 10.9 Å². The zero-order valence-electron chi connectivity index (χ0n) is 15.4. The Bertz CT molecular complexity index is 1170. The average molecular weight is 423 g/mol. The van der Waals surface area contributed by atoms with Crippen LogP contribution in [0.2, 0.25) is 10.0 Å². The number of hydrogen-bond donors (Lipinski definition) is 1. The number of carbonyl (C=O) groups is 1. The van der Waals surface area contributed by atoms with Gasteiger partial charge in [-0.1, -0.05) is 65.7 Å². The summed E-state index contributed by atoms with van der Waals surface area (Å²) in [6.07, 6.45) is 1.48. The van der Waals surface area contributed by atoms with Crippen molar-refractivity contribution in [2.45, 2.75) is 6.92 Å². The summed E-state index contributed by atoms with van der Waals surface area (Å²) in [6, 6.07) is 20.7. The third kappa shape index (κ3) is 4.16. The number of anilines is 1. The second-order valence-electron chi connectivity index (χ2n) is 6.44. The molecule has 1 amide bonds. The summed E-state index contributed by atoms with van der Waals surface area (Å²) < 4.78 is 1.49. The fraction of sp³-hybridized carbons (Fsp3) is 0.0455. The van der Waals surface area contributed by atoms with Crippen molar-refractivity contribution < 1.29 is 4.79 Å². The highest BCUT2D eigenvalue weighted by atomic mass is 35.5. The molecule has 1 N–H and O–H groups in total. The second kappa shape index (κ2) is 8.07. The van der Waals surface area contributed by atoms with E-state index in [4.69, 9.17) is 23.2 Å². The first-order chi connectivity index (χ1) is 14.0. The largest absolute Gasteiger partial charge is 0.306 e. The van der Waals surface area contributed by atoms with Crippen LogP contribution in [-0.2, 0) is 0 Å². The maximum Gasteiger partial charge on any atom is 0.256 e. The standard InChI is InChI=1S/C22H16Cl2N4O/c1-14-11-20(28(27-14)21-19(24)12-18(23)13-25-21)26-22(29)17-9-7-16(8-10-17)15-5-3-2-4-6-15/h2-13H,1H3,(H,26,29). The van der Waals surface area contributed by atoms with Gasteiger partial charge in [-0.05, 0) is 36.2 Å². The molecule has 5 nitrogen and oxygen atoms in total. The number of hydrogen-bond acceptors (Lipinski definition) is 3. The molecule has 4 rings (SSSR count). The molecule has 0 bridgehead atoms. The smallest absolute Gasteiger partial charge is 0.256 e. The highest BCUT2D eigenvalue weighted by molar-refractivity contribution is 6.35. The lowest BCUT2D eigenvalue weighted by atomic mass is 10.0. The van der Waals surface area contributed by atoms with E-state index in [0.29, 0.717) is 32.9 Å². The Morgan fingerprint density at radius 3 is 2.34 bits per heavy atom. The zero-order valence-corrected chi connectivity index (χ0v) is 16.9. The quantitative estimate of drug-likeness (QED) is 0.451. The van der Waals surface area contributed by atoms with Gasteiger partial charge in [-0.2, -0.15) is 9.78 Å². The minimum Gasteiger partial charge on any atom is -0.306 e. The molecule has 144 valence electrons. The van der Waals surface area contributed by atoms with E-state index in [2.05, 4.69) is 15.4 Å². The number of amides is 1. The molecule has 0 atom stereocenters. The maximum absolute atomic E-state index is 12.8. The van der Waals surface area contributed by atoms with Crippen LogP contribution in [0, 0.1) is 6.92 Å². The molecule has 29 heavy (non-hydrogen) atoms. The molecule has 0 saturated heterocycles. The summed E-state index contributed by atoms with van der Waals surface area (Å²) in [5.74, 6) is 0.603. The van der Waals surface area contributed by atoms with Crippen molar-refractivity contribution in [3.63, 3.8) is 0 Å². The molecule has 0 aliphatic heterocycles. The first-order valence-electron chi connectivity index (χ1n) is 8.86. The number of nitrogens with one attached hydrogen (secondary N) is 1. The molecule has 7 heteroatoms. The van der Waals surface area contributed by atoms with Crippen molar-refractivity contribution in [2.75, 3.05) is 5.32 Å². The molecule has 0 aliphatic carbocycles. The first-order valence-corrected chi connectivity index (χ1v) is 9.62. The minimum absolute atomic E-state index is 0.254. The number of halogens is 2. The Kier molecular flexibility index (Phi) is 5.34. The number of rotatable bonds is 4. The molecule has 0 spiro atoms. The SMILES string of the molecule is Cc1cc(NC(=O)c2ccc(-c3ccccc3)cc2)n(-c2ncc(Cl)cc2Cl)n1. The molecule has 0 aliphatic rings. The van der Waals surface area contributed by atoms with Crippen molar-refractivity contribution in [2.24, 2.45) is 0 Å². The summed E-state index contributed by atoms with van der Waals surface area (Å²) in [5.41, 5.74) is 3.38. The number of nitrogens with zero attached hydrogens (tertiary/aromatic N) is 3. The lowest BCUT2D eigenvalue weighted by Gasteiger charge is -2.10. The molecule has 0 radical (unpaired) electrons. The van der Waals surface area contributed by atoms with E-state index in [1.54, 1.807) is 24.3 Å². The van der Waals surface area contributed by atoms with Crippen LogP contribution in [0.5, 0.6) is 0 Å². The third-order valence-electron chi connectivity index (χ3n) is 4.32. The van der Waals surface area contributed by atoms with Crippen molar-refractivity contribution in [3.8, 4) is 16.9 Å². The Labute approximate surface area is 177 Å². The first kappa shape index (κ1) is 19.2. The summed E-state index contributed by atoms with van der Waals surface area (Å²) in [5, 5.41) is 8.02. The topological polar surface area (TPSA) is 59.8 Å². The van der Waals surface area contributed by atoms with Gasteiger partial charge in [-0.15, -0.1) is 0 Å². The van der Waals surface area contributed by atoms with Gasteiger partial charge >= 0.3 is 0 Å². The number of pyridine rings is 1. The van der Waals surface area contributed by atoms with E-state index in [1.807, 2.05) is 49.4 Å². The summed E-state index contributed by atoms with van der Waals surface area (Å²) >= 11 is 12.2. The van der Waals surface area contributed by atoms with Crippen molar-refractivity contribution in [1.29, 1.82) is 0 Å². The van der Waals surface area contributed by atoms with Crippen LogP contribution in [-0.4, -0.2) is 20.7 Å². The van der Waals surface area contributed by atoms with Crippen molar-refractivity contribution >= 4 is 34.9 Å². The second-order valence-corrected chi connectivity index (χ2v) is 7.28. The molecule has 0 unspecified atom stereocenters. The van der Waals surface area contributed by atoms with Crippen molar-refractivity contribution in [3.05, 3.63) is 94.2 Å². The van der Waals surface area contributed by atoms with Gasteiger partial charge in [0.2, 0.25) is 0 Å². The Morgan fingerprint density at radius 1 is 0.966 bits per heavy atom. The zero-order chi connectivity index (χ0) is 20.4. The monoisotopic (exact) mass is 422 g/mol. The third-order valence-corrected chi connectivity index (χ3v) is 4.80. The van der Waals surface area contributed by atoms with Gasteiger partial charge in [0.25, 0.3) is 5.91 Å². The van der Waals surface area contributed by atoms with Crippen molar-refractivity contribution in [1.82, 2.24) is 14.8 Å². The van der Waals surface area contributed by atoms with E-state index in [-0.39, 0.29) is 5.91 Å². The molecule has 4 aromatic rings. The van der Waals surface area contributed by atoms with Gasteiger partial charge in [0.15, 0.2) is 5.82 Å². The van der Waals surface area contributed by atoms with Crippen LogP contribution >= 0.6 is 23.2 Å². The molecular formula is C22H16Cl2N4O. The molecule has 0 fully saturated rings. The van der Waals surface area contributed by atoms with E-state index >= 15 is 0 Å². The molecular weight excluding hydrogens is 407 g/mol. The highest BCUT2D eigenvalue weighted by Crippen LogP contribution is 2.25. The fourth-order valence-corrected chi connectivity index (χ4v) is 3.41. The molecule has 0 saturated carbocycles. The van der Waals surface area contributed by atoms with Gasteiger partial charge in [-0.3, -0.25) is 4.79 Å². The Balaban J connectivity index is 1.59. The van der Waals surface area contributed by atoms with Gasteiger partial charge in [0.1, 0.15) is 5.82 Å². The van der Waals surface area contributed by atoms with Gasteiger partial charge in [0, 0.05) is 17.8 Å². The Morgan fingerprint density at radius 2 is 1.66 bits per heavy atom. The normalized spacial score (nSPS) is 10.7. The maximum atomic E-state index is 12.8. The number of carbonyl (C=O) groups excluding carboxylic acids is 1. The van der Waals surface area contributed by atoms with Gasteiger partial charge < -0.3 is 5.32 Å². The number of aryl methyl sites for hydroxylation is 1. The van der Waals surface area contributed by atoms with Crippen LogP contribution in [0.1, 0.15) is 16.1 Å². The summed E-state index contributed by atoms with van der Waals surface area (Å²) in [7, 11) is 0. The highest BCUT2D eigenvalue weighted by Gasteiger charge is 2.15. The van der Waals surface area contributed by atoms with Crippen LogP contribution in [0.3, 0.4) is 0 Å². The predicted octanol–water partition coefficient (Wildman–Crippen LogP) is 5.80. The van der Waals surface area contributed by atoms with Gasteiger partial charge in [-0.25, -0.2) is 4.98 Å². The Hall–Kier alpha value is -3.15. The molecule has 2 aromatic carbocycles. The van der Waals surface area contributed by atoms with E-state index in [0.717, 1.165) is 11.1 Å². The van der Waals surface area contributed by atoms with Crippen LogP contribution in [0.15, 0.2) is 72.9 Å². The predicted molar refractivity (Wildman–Crippen MR) is 116 cm³/mol.